The fourth-order valence-corrected chi connectivity index (χ4v) is 4.93. The van der Waals surface area contributed by atoms with Crippen molar-refractivity contribution >= 4 is 33.0 Å². The number of nitrogens with one attached hydrogen (secondary N) is 1. The summed E-state index contributed by atoms with van der Waals surface area (Å²) >= 11 is 1.11. The highest BCUT2D eigenvalue weighted by Crippen LogP contribution is 2.34. The van der Waals surface area contributed by atoms with Crippen molar-refractivity contribution < 1.29 is 8.60 Å². The Balaban J connectivity index is 1.84. The van der Waals surface area contributed by atoms with E-state index in [1.165, 1.54) is 12.1 Å². The van der Waals surface area contributed by atoms with Gasteiger partial charge in [0.15, 0.2) is 6.17 Å². The Morgan fingerprint density at radius 3 is 2.84 bits per heavy atom. The number of benzene rings is 1. The van der Waals surface area contributed by atoms with E-state index in [1.807, 2.05) is 18.9 Å². The van der Waals surface area contributed by atoms with Gasteiger partial charge in [-0.3, -0.25) is 13.8 Å². The van der Waals surface area contributed by atoms with Crippen LogP contribution in [0.2, 0.25) is 0 Å². The molecule has 3 unspecified atom stereocenters. The van der Waals surface area contributed by atoms with Crippen LogP contribution in [0.1, 0.15) is 13.3 Å². The van der Waals surface area contributed by atoms with E-state index in [0.717, 1.165) is 17.8 Å². The minimum absolute atomic E-state index is 0.216. The second-order valence-electron chi connectivity index (χ2n) is 6.04. The van der Waals surface area contributed by atoms with Gasteiger partial charge in [-0.2, -0.15) is 0 Å². The number of hydrogen-bond acceptors (Lipinski definition) is 7. The summed E-state index contributed by atoms with van der Waals surface area (Å²) in [7, 11) is 0.634. The molecule has 1 saturated heterocycles. The molecule has 0 radical (unpaired) electrons. The smallest absolute Gasteiger partial charge is 0.310 e. The molecule has 1 aromatic carbocycles. The van der Waals surface area contributed by atoms with Gasteiger partial charge in [0.2, 0.25) is 4.34 Å². The van der Waals surface area contributed by atoms with Gasteiger partial charge in [-0.15, -0.1) is 5.10 Å². The van der Waals surface area contributed by atoms with Crippen molar-refractivity contribution in [1.82, 2.24) is 19.7 Å². The fourth-order valence-electron chi connectivity index (χ4n) is 2.74. The Morgan fingerprint density at radius 1 is 1.44 bits per heavy atom. The monoisotopic (exact) mass is 385 g/mol. The van der Waals surface area contributed by atoms with Crippen LogP contribution in [-0.4, -0.2) is 51.5 Å². The number of aromatic nitrogens is 2. The molecular weight excluding hydrogens is 365 g/mol. The van der Waals surface area contributed by atoms with Crippen LogP contribution in [-0.2, 0) is 10.8 Å². The van der Waals surface area contributed by atoms with Crippen molar-refractivity contribution in [2.75, 3.05) is 31.3 Å². The van der Waals surface area contributed by atoms with Crippen molar-refractivity contribution in [2.24, 2.45) is 0 Å². The molecule has 2 heterocycles. The largest absolute Gasteiger partial charge is 0.623 e. The summed E-state index contributed by atoms with van der Waals surface area (Å²) in [6.45, 7) is 2.67. The van der Waals surface area contributed by atoms with E-state index >= 15 is 0 Å². The molecule has 0 aliphatic carbocycles. The highest BCUT2D eigenvalue weighted by Gasteiger charge is 2.43. The second-order valence-corrected chi connectivity index (χ2v) is 8.74. The molecular formula is C15H20FN5O2S2. The topological polar surface area (TPSA) is 81.2 Å². The SMILES string of the molecule is CCCS(=O)c1nnc([N+]2([O-])CN(C)CC2Nc2ccc(F)cc2)s1. The van der Waals surface area contributed by atoms with Crippen molar-refractivity contribution in [3.8, 4) is 0 Å². The van der Waals surface area contributed by atoms with Crippen molar-refractivity contribution in [1.29, 1.82) is 0 Å². The maximum Gasteiger partial charge on any atom is 0.310 e. The first-order valence-corrected chi connectivity index (χ1v) is 10.1. The van der Waals surface area contributed by atoms with Gasteiger partial charge in [0.1, 0.15) is 12.5 Å². The summed E-state index contributed by atoms with van der Waals surface area (Å²) in [5.74, 6) is 0.175. The summed E-state index contributed by atoms with van der Waals surface area (Å²) in [5.41, 5.74) is 0.666. The first-order valence-electron chi connectivity index (χ1n) is 7.94. The molecule has 3 rings (SSSR count). The highest BCUT2D eigenvalue weighted by atomic mass is 32.2. The van der Waals surface area contributed by atoms with Gasteiger partial charge in [0.25, 0.3) is 0 Å². The first-order chi connectivity index (χ1) is 11.9. The first kappa shape index (κ1) is 18.3. The van der Waals surface area contributed by atoms with Crippen LogP contribution in [0.4, 0.5) is 15.2 Å². The third-order valence-electron chi connectivity index (χ3n) is 3.92. The molecule has 7 nitrogen and oxygen atoms in total. The molecule has 0 amide bonds. The maximum atomic E-state index is 13.5. The third-order valence-corrected chi connectivity index (χ3v) is 6.81. The number of likely N-dealkylation sites (N-methyl/N-ethyl adjacent to an activating group) is 1. The zero-order chi connectivity index (χ0) is 18.0. The lowest BCUT2D eigenvalue weighted by Crippen LogP contribution is -2.52. The molecule has 2 aromatic rings. The number of quaternary nitrogens is 1. The average Bonchev–Trinajstić information content (AvgIpc) is 3.16. The zero-order valence-corrected chi connectivity index (χ0v) is 15.6. The van der Waals surface area contributed by atoms with E-state index < -0.39 is 21.6 Å². The summed E-state index contributed by atoms with van der Waals surface area (Å²) in [5, 5.41) is 24.9. The minimum Gasteiger partial charge on any atom is -0.623 e. The average molecular weight is 385 g/mol. The van der Waals surface area contributed by atoms with Crippen LogP contribution in [0, 0.1) is 11.0 Å². The van der Waals surface area contributed by atoms with E-state index in [0.29, 0.717) is 22.3 Å². The van der Waals surface area contributed by atoms with E-state index in [2.05, 4.69) is 15.5 Å². The van der Waals surface area contributed by atoms with Gasteiger partial charge in [0, 0.05) is 11.4 Å². The standard InChI is InChI=1S/C15H20FN5O2S2/c1-3-8-25(23)15-19-18-14(24-15)21(22)10-20(2)9-13(21)17-12-6-4-11(16)5-7-12/h4-7,13,17H,3,8-10H2,1-2H3. The quantitative estimate of drug-likeness (QED) is 0.607. The van der Waals surface area contributed by atoms with E-state index in [4.69, 9.17) is 0 Å². The van der Waals surface area contributed by atoms with Gasteiger partial charge in [-0.05, 0) is 49.1 Å². The lowest BCUT2D eigenvalue weighted by Gasteiger charge is -2.39. The molecule has 3 atom stereocenters. The van der Waals surface area contributed by atoms with Crippen molar-refractivity contribution in [3.63, 3.8) is 0 Å². The molecule has 0 bridgehead atoms. The van der Waals surface area contributed by atoms with E-state index in [-0.39, 0.29) is 17.6 Å². The number of halogens is 1. The molecule has 1 aromatic heterocycles. The van der Waals surface area contributed by atoms with Crippen LogP contribution < -0.4 is 9.96 Å². The lowest BCUT2D eigenvalue weighted by atomic mass is 10.3. The Hall–Kier alpha value is -1.46. The highest BCUT2D eigenvalue weighted by molar-refractivity contribution is 7.87. The molecule has 25 heavy (non-hydrogen) atoms. The number of hydrogen-bond donors (Lipinski definition) is 1. The Kier molecular flexibility index (Phi) is 5.44. The van der Waals surface area contributed by atoms with Gasteiger partial charge in [-0.25, -0.2) is 4.39 Å². The normalized spacial score (nSPS) is 25.2. The molecule has 0 spiro atoms. The molecule has 1 aliphatic rings. The maximum absolute atomic E-state index is 13.5. The summed E-state index contributed by atoms with van der Waals surface area (Å²) in [6, 6.07) is 5.88. The summed E-state index contributed by atoms with van der Waals surface area (Å²) < 4.78 is 24.8. The predicted octanol–water partition coefficient (Wildman–Crippen LogP) is 2.34. The summed E-state index contributed by atoms with van der Waals surface area (Å²) in [4.78, 5) is 1.90. The fraction of sp³-hybridized carbons (Fsp3) is 0.467. The molecule has 136 valence electrons. The molecule has 1 N–H and O–H groups in total. The van der Waals surface area contributed by atoms with Gasteiger partial charge in [0.05, 0.1) is 17.3 Å². The number of anilines is 1. The van der Waals surface area contributed by atoms with Crippen molar-refractivity contribution in [3.05, 3.63) is 35.3 Å². The number of nitrogens with zero attached hydrogens (tertiary/aromatic N) is 4. The van der Waals surface area contributed by atoms with Gasteiger partial charge >= 0.3 is 5.13 Å². The third kappa shape index (κ3) is 3.87. The predicted molar refractivity (Wildman–Crippen MR) is 97.9 cm³/mol. The van der Waals surface area contributed by atoms with Crippen molar-refractivity contribution in [2.45, 2.75) is 23.8 Å². The number of hydroxylamine groups is 2. The minimum atomic E-state index is -1.22. The number of rotatable bonds is 6. The van der Waals surface area contributed by atoms with E-state index in [9.17, 15) is 13.8 Å². The van der Waals surface area contributed by atoms with Crippen LogP contribution in [0.3, 0.4) is 0 Å². The molecule has 10 heteroatoms. The van der Waals surface area contributed by atoms with Crippen LogP contribution >= 0.6 is 11.3 Å². The van der Waals surface area contributed by atoms with Crippen LogP contribution in [0.25, 0.3) is 0 Å². The zero-order valence-electron chi connectivity index (χ0n) is 14.0. The van der Waals surface area contributed by atoms with Crippen LogP contribution in [0.15, 0.2) is 28.6 Å². The molecule has 0 saturated carbocycles. The summed E-state index contributed by atoms with van der Waals surface area (Å²) in [6.07, 6.45) is 0.270. The lowest BCUT2D eigenvalue weighted by molar-refractivity contribution is 0.322. The Bertz CT molecular complexity index is 757. The van der Waals surface area contributed by atoms with Crippen LogP contribution in [0.5, 0.6) is 0 Å². The van der Waals surface area contributed by atoms with Gasteiger partial charge in [-0.1, -0.05) is 12.0 Å². The molecule has 1 aliphatic heterocycles. The Labute approximate surface area is 152 Å². The van der Waals surface area contributed by atoms with Gasteiger partial charge < -0.3 is 10.5 Å². The molecule has 1 fully saturated rings. The Morgan fingerprint density at radius 2 is 2.16 bits per heavy atom. The van der Waals surface area contributed by atoms with E-state index in [1.54, 1.807) is 12.1 Å². The second kappa shape index (κ2) is 7.42.